The van der Waals surface area contributed by atoms with Crippen LogP contribution in [0.15, 0.2) is 30.3 Å². The number of carbonyl (C=O) groups is 1. The standard InChI is InChI=1S/C13H9F3O2/c1-18-11-6-5-9-8(7-17)3-2-4-10(9)12(11)13(14,15)16/h2-7H,1H3. The first kappa shape index (κ1) is 12.4. The lowest BCUT2D eigenvalue weighted by atomic mass is 9.99. The Balaban J connectivity index is 2.91. The Morgan fingerprint density at radius 1 is 1.11 bits per heavy atom. The molecule has 18 heavy (non-hydrogen) atoms. The largest absolute Gasteiger partial charge is 0.496 e. The van der Waals surface area contributed by atoms with Gasteiger partial charge < -0.3 is 4.74 Å². The minimum absolute atomic E-state index is 0.0357. The molecule has 0 amide bonds. The van der Waals surface area contributed by atoms with Crippen LogP contribution < -0.4 is 4.74 Å². The summed E-state index contributed by atoms with van der Waals surface area (Å²) in [6, 6.07) is 6.89. The smallest absolute Gasteiger partial charge is 0.420 e. The average molecular weight is 254 g/mol. The van der Waals surface area contributed by atoms with Gasteiger partial charge in [-0.05, 0) is 22.9 Å². The lowest BCUT2D eigenvalue weighted by molar-refractivity contribution is -0.137. The molecule has 0 saturated heterocycles. The highest BCUT2D eigenvalue weighted by Crippen LogP contribution is 2.41. The van der Waals surface area contributed by atoms with Crippen molar-refractivity contribution in [3.63, 3.8) is 0 Å². The Bertz CT molecular complexity index is 603. The Kier molecular flexibility index (Phi) is 2.98. The predicted octanol–water partition coefficient (Wildman–Crippen LogP) is 3.68. The highest BCUT2D eigenvalue weighted by Gasteiger charge is 2.36. The van der Waals surface area contributed by atoms with Crippen LogP contribution in [0.1, 0.15) is 15.9 Å². The summed E-state index contributed by atoms with van der Waals surface area (Å²) in [5.74, 6) is -0.252. The van der Waals surface area contributed by atoms with Gasteiger partial charge in [0.2, 0.25) is 0 Å². The van der Waals surface area contributed by atoms with Crippen molar-refractivity contribution < 1.29 is 22.7 Å². The van der Waals surface area contributed by atoms with E-state index in [1.807, 2.05) is 0 Å². The third kappa shape index (κ3) is 1.92. The first-order valence-corrected chi connectivity index (χ1v) is 5.11. The van der Waals surface area contributed by atoms with Crippen molar-refractivity contribution >= 4 is 17.1 Å². The van der Waals surface area contributed by atoms with E-state index in [4.69, 9.17) is 4.74 Å². The molecule has 94 valence electrons. The minimum Gasteiger partial charge on any atom is -0.496 e. The molecule has 0 radical (unpaired) electrons. The second-order valence-corrected chi connectivity index (χ2v) is 3.70. The Morgan fingerprint density at radius 2 is 1.83 bits per heavy atom. The summed E-state index contributed by atoms with van der Waals surface area (Å²) in [5, 5.41) is 0.229. The molecule has 2 aromatic carbocycles. The second kappa shape index (κ2) is 4.33. The SMILES string of the molecule is COc1ccc2c(C=O)cccc2c1C(F)(F)F. The first-order valence-electron chi connectivity index (χ1n) is 5.11. The van der Waals surface area contributed by atoms with Gasteiger partial charge in [0, 0.05) is 5.56 Å². The number of rotatable bonds is 2. The third-order valence-corrected chi connectivity index (χ3v) is 2.69. The summed E-state index contributed by atoms with van der Waals surface area (Å²) in [5.41, 5.74) is -0.633. The second-order valence-electron chi connectivity index (χ2n) is 3.70. The fourth-order valence-electron chi connectivity index (χ4n) is 1.93. The van der Waals surface area contributed by atoms with Crippen LogP contribution in [-0.4, -0.2) is 13.4 Å². The molecule has 0 aliphatic heterocycles. The molecule has 0 spiro atoms. The summed E-state index contributed by atoms with van der Waals surface area (Å²) in [4.78, 5) is 10.8. The Hall–Kier alpha value is -2.04. The Morgan fingerprint density at radius 3 is 2.39 bits per heavy atom. The van der Waals surface area contributed by atoms with Gasteiger partial charge in [-0.25, -0.2) is 0 Å². The number of halogens is 3. The molecule has 2 nitrogen and oxygen atoms in total. The van der Waals surface area contributed by atoms with E-state index in [0.717, 1.165) is 0 Å². The molecule has 0 heterocycles. The number of fused-ring (bicyclic) bond motifs is 1. The van der Waals surface area contributed by atoms with Crippen LogP contribution in [0.4, 0.5) is 13.2 Å². The molecule has 2 rings (SSSR count). The predicted molar refractivity (Wildman–Crippen MR) is 60.9 cm³/mol. The zero-order chi connectivity index (χ0) is 13.3. The monoisotopic (exact) mass is 254 g/mol. The van der Waals surface area contributed by atoms with Crippen LogP contribution in [0.3, 0.4) is 0 Å². The van der Waals surface area contributed by atoms with E-state index in [0.29, 0.717) is 6.29 Å². The van der Waals surface area contributed by atoms with Crippen molar-refractivity contribution in [2.45, 2.75) is 6.18 Å². The molecule has 0 N–H and O–H groups in total. The van der Waals surface area contributed by atoms with Gasteiger partial charge in [-0.15, -0.1) is 0 Å². The van der Waals surface area contributed by atoms with Gasteiger partial charge in [0.1, 0.15) is 11.3 Å². The van der Waals surface area contributed by atoms with Gasteiger partial charge in [0.05, 0.1) is 7.11 Å². The molecular formula is C13H9F3O2. The van der Waals surface area contributed by atoms with Crippen LogP contribution in [0.2, 0.25) is 0 Å². The lowest BCUT2D eigenvalue weighted by Gasteiger charge is -2.15. The van der Waals surface area contributed by atoms with E-state index < -0.39 is 11.7 Å². The van der Waals surface area contributed by atoms with Crippen molar-refractivity contribution in [2.75, 3.05) is 7.11 Å². The maximum atomic E-state index is 13.0. The highest BCUT2D eigenvalue weighted by atomic mass is 19.4. The number of methoxy groups -OCH3 is 1. The zero-order valence-corrected chi connectivity index (χ0v) is 9.41. The van der Waals surface area contributed by atoms with E-state index in [-0.39, 0.29) is 22.1 Å². The average Bonchev–Trinajstić information content (AvgIpc) is 2.35. The van der Waals surface area contributed by atoms with Crippen molar-refractivity contribution in [3.8, 4) is 5.75 Å². The molecule has 0 aromatic heterocycles. The van der Waals surface area contributed by atoms with Gasteiger partial charge >= 0.3 is 6.18 Å². The number of hydrogen-bond donors (Lipinski definition) is 0. The van der Waals surface area contributed by atoms with Crippen LogP contribution >= 0.6 is 0 Å². The summed E-state index contributed by atoms with van der Waals surface area (Å²) >= 11 is 0. The normalized spacial score (nSPS) is 11.6. The summed E-state index contributed by atoms with van der Waals surface area (Å²) in [6.45, 7) is 0. The number of benzene rings is 2. The summed E-state index contributed by atoms with van der Waals surface area (Å²) in [6.07, 6.45) is -4.00. The maximum absolute atomic E-state index is 13.0. The first-order chi connectivity index (χ1) is 8.49. The number of hydrogen-bond acceptors (Lipinski definition) is 2. The fraction of sp³-hybridized carbons (Fsp3) is 0.154. The van der Waals surface area contributed by atoms with E-state index in [1.54, 1.807) is 0 Å². The van der Waals surface area contributed by atoms with Gasteiger partial charge in [-0.3, -0.25) is 4.79 Å². The number of carbonyl (C=O) groups excluding carboxylic acids is 1. The topological polar surface area (TPSA) is 26.3 Å². The van der Waals surface area contributed by atoms with Crippen molar-refractivity contribution in [3.05, 3.63) is 41.5 Å². The molecule has 0 aliphatic carbocycles. The number of aldehydes is 1. The van der Waals surface area contributed by atoms with Gasteiger partial charge in [-0.2, -0.15) is 13.2 Å². The van der Waals surface area contributed by atoms with Crippen LogP contribution in [0.25, 0.3) is 10.8 Å². The van der Waals surface area contributed by atoms with Crippen LogP contribution in [-0.2, 0) is 6.18 Å². The highest BCUT2D eigenvalue weighted by molar-refractivity contribution is 6.00. The molecule has 5 heteroatoms. The van der Waals surface area contributed by atoms with E-state index in [1.165, 1.54) is 37.4 Å². The molecule has 0 atom stereocenters. The Labute approximate surface area is 101 Å². The van der Waals surface area contributed by atoms with Crippen LogP contribution in [0.5, 0.6) is 5.75 Å². The number of ether oxygens (including phenoxy) is 1. The van der Waals surface area contributed by atoms with Crippen molar-refractivity contribution in [2.24, 2.45) is 0 Å². The third-order valence-electron chi connectivity index (χ3n) is 2.69. The fourth-order valence-corrected chi connectivity index (χ4v) is 1.93. The van der Waals surface area contributed by atoms with Crippen molar-refractivity contribution in [1.82, 2.24) is 0 Å². The molecule has 2 aromatic rings. The lowest BCUT2D eigenvalue weighted by Crippen LogP contribution is -2.08. The van der Waals surface area contributed by atoms with Gasteiger partial charge in [0.15, 0.2) is 6.29 Å². The summed E-state index contributed by atoms with van der Waals surface area (Å²) in [7, 11) is 1.18. The van der Waals surface area contributed by atoms with E-state index >= 15 is 0 Å². The summed E-state index contributed by atoms with van der Waals surface area (Å²) < 4.78 is 43.8. The zero-order valence-electron chi connectivity index (χ0n) is 9.41. The van der Waals surface area contributed by atoms with Crippen LogP contribution in [0, 0.1) is 0 Å². The molecule has 0 fully saturated rings. The van der Waals surface area contributed by atoms with Gasteiger partial charge in [-0.1, -0.05) is 18.2 Å². The molecule has 0 saturated carbocycles. The molecule has 0 aliphatic rings. The van der Waals surface area contributed by atoms with Gasteiger partial charge in [0.25, 0.3) is 0 Å². The molecular weight excluding hydrogens is 245 g/mol. The quantitative estimate of drug-likeness (QED) is 0.764. The van der Waals surface area contributed by atoms with E-state index in [2.05, 4.69) is 0 Å². The van der Waals surface area contributed by atoms with E-state index in [9.17, 15) is 18.0 Å². The molecule has 0 bridgehead atoms. The van der Waals surface area contributed by atoms with Crippen molar-refractivity contribution in [1.29, 1.82) is 0 Å². The maximum Gasteiger partial charge on any atom is 0.420 e. The minimum atomic E-state index is -4.54. The number of alkyl halides is 3. The molecule has 0 unspecified atom stereocenters.